The standard InChI is InChI=1S/C21H22N4O2/c26-18-12-15(13-25(18)16-7-2-1-3-8-16)20-23-21(27-24-20)19-17-9-5-4-6-14(17)10-11-22-19/h4-6,9-11,15-16H,1-3,7-8,12-13H2/t15-/m1/s1. The first-order chi connectivity index (χ1) is 13.3. The lowest BCUT2D eigenvalue weighted by Crippen LogP contribution is -2.37. The van der Waals surface area contributed by atoms with E-state index in [1.165, 1.54) is 19.3 Å². The molecule has 2 fully saturated rings. The van der Waals surface area contributed by atoms with Crippen molar-refractivity contribution < 1.29 is 9.32 Å². The van der Waals surface area contributed by atoms with Gasteiger partial charge >= 0.3 is 0 Å². The minimum absolute atomic E-state index is 0.00639. The van der Waals surface area contributed by atoms with Crippen LogP contribution in [0.5, 0.6) is 0 Å². The van der Waals surface area contributed by atoms with Gasteiger partial charge in [-0.25, -0.2) is 0 Å². The summed E-state index contributed by atoms with van der Waals surface area (Å²) in [7, 11) is 0. The van der Waals surface area contributed by atoms with Crippen molar-refractivity contribution in [2.45, 2.75) is 50.5 Å². The number of fused-ring (bicyclic) bond motifs is 1. The van der Waals surface area contributed by atoms with Gasteiger partial charge in [0.05, 0.1) is 0 Å². The van der Waals surface area contributed by atoms with E-state index in [-0.39, 0.29) is 11.8 Å². The number of nitrogens with zero attached hydrogens (tertiary/aromatic N) is 4. The number of rotatable bonds is 3. The average Bonchev–Trinajstić information content (AvgIpc) is 3.35. The molecule has 1 saturated carbocycles. The van der Waals surface area contributed by atoms with Crippen LogP contribution in [0, 0.1) is 0 Å². The molecule has 0 unspecified atom stereocenters. The van der Waals surface area contributed by atoms with Gasteiger partial charge in [-0.15, -0.1) is 0 Å². The Morgan fingerprint density at radius 1 is 1.07 bits per heavy atom. The van der Waals surface area contributed by atoms with E-state index in [0.717, 1.165) is 23.6 Å². The Labute approximate surface area is 157 Å². The van der Waals surface area contributed by atoms with E-state index < -0.39 is 0 Å². The van der Waals surface area contributed by atoms with Gasteiger partial charge in [-0.05, 0) is 24.3 Å². The lowest BCUT2D eigenvalue weighted by Gasteiger charge is -2.31. The summed E-state index contributed by atoms with van der Waals surface area (Å²) in [6.07, 6.45) is 8.19. The molecule has 3 aromatic rings. The van der Waals surface area contributed by atoms with E-state index in [0.29, 0.717) is 36.4 Å². The summed E-state index contributed by atoms with van der Waals surface area (Å²) in [5.74, 6) is 1.27. The molecule has 0 radical (unpaired) electrons. The number of benzene rings is 1. The molecule has 27 heavy (non-hydrogen) atoms. The van der Waals surface area contributed by atoms with Crippen molar-refractivity contribution in [2.75, 3.05) is 6.54 Å². The fourth-order valence-corrected chi connectivity index (χ4v) is 4.44. The summed E-state index contributed by atoms with van der Waals surface area (Å²) in [6.45, 7) is 0.700. The van der Waals surface area contributed by atoms with Gasteiger partial charge in [-0.1, -0.05) is 48.7 Å². The van der Waals surface area contributed by atoms with E-state index in [1.807, 2.05) is 30.3 Å². The first-order valence-corrected chi connectivity index (χ1v) is 9.77. The van der Waals surface area contributed by atoms with E-state index >= 15 is 0 Å². The minimum Gasteiger partial charge on any atom is -0.339 e. The Balaban J connectivity index is 1.40. The molecule has 0 N–H and O–H groups in total. The third-order valence-corrected chi connectivity index (χ3v) is 5.86. The van der Waals surface area contributed by atoms with Gasteiger partial charge in [-0.3, -0.25) is 9.78 Å². The van der Waals surface area contributed by atoms with Crippen LogP contribution in [-0.2, 0) is 4.79 Å². The smallest absolute Gasteiger partial charge is 0.277 e. The zero-order valence-corrected chi connectivity index (χ0v) is 15.2. The summed E-state index contributed by atoms with van der Waals surface area (Å²) in [5.41, 5.74) is 0.695. The quantitative estimate of drug-likeness (QED) is 0.706. The van der Waals surface area contributed by atoms with Crippen LogP contribution in [0.3, 0.4) is 0 Å². The molecule has 1 aliphatic carbocycles. The van der Waals surface area contributed by atoms with Gasteiger partial charge in [0.15, 0.2) is 5.82 Å². The highest BCUT2D eigenvalue weighted by Gasteiger charge is 2.37. The predicted octanol–water partition coefficient (Wildman–Crippen LogP) is 3.93. The highest BCUT2D eigenvalue weighted by atomic mass is 16.5. The number of hydrogen-bond acceptors (Lipinski definition) is 5. The molecule has 0 spiro atoms. The zero-order valence-electron chi connectivity index (χ0n) is 15.2. The number of carbonyl (C=O) groups excluding carboxylic acids is 1. The van der Waals surface area contributed by atoms with E-state index in [9.17, 15) is 4.79 Å². The van der Waals surface area contributed by atoms with Crippen molar-refractivity contribution in [2.24, 2.45) is 0 Å². The monoisotopic (exact) mass is 362 g/mol. The Hall–Kier alpha value is -2.76. The first-order valence-electron chi connectivity index (χ1n) is 9.77. The first kappa shape index (κ1) is 16.4. The van der Waals surface area contributed by atoms with Crippen LogP contribution in [0.15, 0.2) is 41.1 Å². The van der Waals surface area contributed by atoms with Gasteiger partial charge in [0.2, 0.25) is 5.91 Å². The van der Waals surface area contributed by atoms with Gasteiger partial charge in [0, 0.05) is 36.5 Å². The fourth-order valence-electron chi connectivity index (χ4n) is 4.44. The maximum absolute atomic E-state index is 12.5. The van der Waals surface area contributed by atoms with Crippen LogP contribution in [0.4, 0.5) is 0 Å². The van der Waals surface area contributed by atoms with Gasteiger partial charge in [-0.2, -0.15) is 4.98 Å². The molecule has 3 heterocycles. The minimum atomic E-state index is 0.00639. The Bertz CT molecular complexity index is 972. The number of carbonyl (C=O) groups is 1. The summed E-state index contributed by atoms with van der Waals surface area (Å²) in [6, 6.07) is 10.4. The zero-order chi connectivity index (χ0) is 18.2. The third-order valence-electron chi connectivity index (χ3n) is 5.86. The average molecular weight is 362 g/mol. The maximum atomic E-state index is 12.5. The summed E-state index contributed by atoms with van der Waals surface area (Å²) < 4.78 is 5.53. The molecule has 1 amide bonds. The molecule has 6 nitrogen and oxygen atoms in total. The number of hydrogen-bond donors (Lipinski definition) is 0. The van der Waals surface area contributed by atoms with Crippen molar-refractivity contribution in [1.29, 1.82) is 0 Å². The summed E-state index contributed by atoms with van der Waals surface area (Å²) in [4.78, 5) is 23.6. The lowest BCUT2D eigenvalue weighted by atomic mass is 9.94. The second kappa shape index (κ2) is 6.76. The van der Waals surface area contributed by atoms with Crippen LogP contribution >= 0.6 is 0 Å². The summed E-state index contributed by atoms with van der Waals surface area (Å²) >= 11 is 0. The van der Waals surface area contributed by atoms with Crippen molar-refractivity contribution in [3.8, 4) is 11.6 Å². The molecule has 1 aromatic carbocycles. The number of pyridine rings is 1. The Morgan fingerprint density at radius 3 is 2.81 bits per heavy atom. The second-order valence-electron chi connectivity index (χ2n) is 7.58. The maximum Gasteiger partial charge on any atom is 0.277 e. The number of likely N-dealkylation sites (tertiary alicyclic amines) is 1. The topological polar surface area (TPSA) is 72.1 Å². The predicted molar refractivity (Wildman–Crippen MR) is 101 cm³/mol. The Kier molecular flexibility index (Phi) is 4.11. The SMILES string of the molecule is O=C1C[C@@H](c2noc(-c3nccc4ccccc34)n2)CN1C1CCCCC1. The molecule has 1 atom stereocenters. The van der Waals surface area contributed by atoms with Crippen LogP contribution in [0.1, 0.15) is 50.3 Å². The molecule has 2 aromatic heterocycles. The van der Waals surface area contributed by atoms with Crippen LogP contribution in [0.2, 0.25) is 0 Å². The molecule has 1 saturated heterocycles. The molecule has 2 aliphatic rings. The Morgan fingerprint density at radius 2 is 1.93 bits per heavy atom. The van der Waals surface area contributed by atoms with Crippen molar-refractivity contribution in [3.05, 3.63) is 42.4 Å². The van der Waals surface area contributed by atoms with Crippen molar-refractivity contribution in [1.82, 2.24) is 20.0 Å². The van der Waals surface area contributed by atoms with Crippen LogP contribution < -0.4 is 0 Å². The molecule has 6 heteroatoms. The molecular formula is C21H22N4O2. The van der Waals surface area contributed by atoms with E-state index in [2.05, 4.69) is 20.0 Å². The van der Waals surface area contributed by atoms with Crippen LogP contribution in [0.25, 0.3) is 22.4 Å². The largest absolute Gasteiger partial charge is 0.339 e. The number of aromatic nitrogens is 3. The van der Waals surface area contributed by atoms with Crippen molar-refractivity contribution >= 4 is 16.7 Å². The number of amides is 1. The van der Waals surface area contributed by atoms with E-state index in [4.69, 9.17) is 4.52 Å². The van der Waals surface area contributed by atoms with Gasteiger partial charge in [0.25, 0.3) is 5.89 Å². The molecular weight excluding hydrogens is 340 g/mol. The molecule has 0 bridgehead atoms. The second-order valence-corrected chi connectivity index (χ2v) is 7.58. The molecule has 1 aliphatic heterocycles. The third kappa shape index (κ3) is 2.99. The highest BCUT2D eigenvalue weighted by Crippen LogP contribution is 2.33. The fraction of sp³-hybridized carbons (Fsp3) is 0.429. The van der Waals surface area contributed by atoms with E-state index in [1.54, 1.807) is 6.20 Å². The van der Waals surface area contributed by atoms with Crippen molar-refractivity contribution in [3.63, 3.8) is 0 Å². The summed E-state index contributed by atoms with van der Waals surface area (Å²) in [5, 5.41) is 6.26. The lowest BCUT2D eigenvalue weighted by molar-refractivity contribution is -0.130. The molecule has 5 rings (SSSR count). The van der Waals surface area contributed by atoms with Crippen LogP contribution in [-0.4, -0.2) is 38.5 Å². The molecule has 138 valence electrons. The normalized spacial score (nSPS) is 21.3. The van der Waals surface area contributed by atoms with Gasteiger partial charge in [0.1, 0.15) is 5.69 Å². The van der Waals surface area contributed by atoms with Gasteiger partial charge < -0.3 is 9.42 Å². The highest BCUT2D eigenvalue weighted by molar-refractivity contribution is 5.92.